The quantitative estimate of drug-likeness (QED) is 0.380. The van der Waals surface area contributed by atoms with Crippen molar-refractivity contribution in [3.8, 4) is 22.9 Å². The van der Waals surface area contributed by atoms with Gasteiger partial charge in [-0.15, -0.1) is 0 Å². The van der Waals surface area contributed by atoms with Gasteiger partial charge in [0.15, 0.2) is 5.65 Å². The van der Waals surface area contributed by atoms with Gasteiger partial charge in [-0.2, -0.15) is 0 Å². The summed E-state index contributed by atoms with van der Waals surface area (Å²) in [5.41, 5.74) is 5.67. The first-order valence-corrected chi connectivity index (χ1v) is 10.9. The molecule has 0 bridgehead atoms. The van der Waals surface area contributed by atoms with Crippen LogP contribution in [0.1, 0.15) is 16.8 Å². The van der Waals surface area contributed by atoms with Crippen LogP contribution in [0, 0.1) is 12.7 Å². The number of aryl methyl sites for hydroxylation is 1. The molecule has 3 heterocycles. The van der Waals surface area contributed by atoms with Crippen LogP contribution >= 0.6 is 0 Å². The van der Waals surface area contributed by atoms with Gasteiger partial charge in [-0.25, -0.2) is 14.4 Å². The Labute approximate surface area is 197 Å². The van der Waals surface area contributed by atoms with E-state index in [0.717, 1.165) is 27.8 Å². The number of hydrogen-bond acceptors (Lipinski definition) is 5. The van der Waals surface area contributed by atoms with Crippen molar-refractivity contribution in [3.63, 3.8) is 0 Å². The van der Waals surface area contributed by atoms with Gasteiger partial charge in [0, 0.05) is 29.6 Å². The Balaban J connectivity index is 1.47. The summed E-state index contributed by atoms with van der Waals surface area (Å²) in [6, 6.07) is 18.0. The fourth-order valence-corrected chi connectivity index (χ4v) is 3.61. The minimum Gasteiger partial charge on any atom is -0.489 e. The summed E-state index contributed by atoms with van der Waals surface area (Å²) in [6.45, 7) is 2.40. The molecule has 0 aliphatic carbocycles. The predicted octanol–water partition coefficient (Wildman–Crippen LogP) is 3.88. The minimum absolute atomic E-state index is 0.0931. The summed E-state index contributed by atoms with van der Waals surface area (Å²) in [5, 5.41) is 0. The topological polar surface area (TPSA) is 72.9 Å². The van der Waals surface area contributed by atoms with E-state index in [9.17, 15) is 4.39 Å². The first-order chi connectivity index (χ1) is 16.5. The van der Waals surface area contributed by atoms with E-state index >= 15 is 0 Å². The lowest BCUT2D eigenvalue weighted by atomic mass is 9.99. The van der Waals surface area contributed by atoms with Gasteiger partial charge in [-0.3, -0.25) is 4.98 Å². The number of benzene rings is 2. The molecule has 0 amide bonds. The summed E-state index contributed by atoms with van der Waals surface area (Å²) in [5.74, 6) is 1.47. The lowest BCUT2D eigenvalue weighted by molar-refractivity contribution is 0.284. The summed E-state index contributed by atoms with van der Waals surface area (Å²) in [6.07, 6.45) is 3.53. The molecule has 5 rings (SSSR count). The lowest BCUT2D eigenvalue weighted by Gasteiger charge is -2.13. The molecular formula is C26H22BFN4O2. The van der Waals surface area contributed by atoms with Gasteiger partial charge in [0.05, 0.1) is 11.2 Å². The van der Waals surface area contributed by atoms with Crippen molar-refractivity contribution >= 4 is 24.5 Å². The molecule has 0 fully saturated rings. The number of hydrogen-bond donors (Lipinski definition) is 1. The second-order valence-electron chi connectivity index (χ2n) is 8.10. The first kappa shape index (κ1) is 21.6. The van der Waals surface area contributed by atoms with Crippen molar-refractivity contribution in [1.29, 1.82) is 0 Å². The molecular weight excluding hydrogens is 430 g/mol. The van der Waals surface area contributed by atoms with Crippen molar-refractivity contribution in [2.45, 2.75) is 20.1 Å². The fraction of sp³-hybridized carbons (Fsp3) is 0.115. The van der Waals surface area contributed by atoms with E-state index in [1.54, 1.807) is 36.7 Å². The van der Waals surface area contributed by atoms with Gasteiger partial charge < -0.3 is 14.5 Å². The molecule has 168 valence electrons. The third kappa shape index (κ3) is 4.76. The Bertz CT molecular complexity index is 1400. The third-order valence-corrected chi connectivity index (χ3v) is 5.47. The highest BCUT2D eigenvalue weighted by molar-refractivity contribution is 6.32. The van der Waals surface area contributed by atoms with Gasteiger partial charge in [0.25, 0.3) is 0 Å². The minimum atomic E-state index is -0.306. The monoisotopic (exact) mass is 452 g/mol. The molecule has 1 N–H and O–H groups in total. The van der Waals surface area contributed by atoms with Crippen LogP contribution in [0.4, 0.5) is 4.39 Å². The van der Waals surface area contributed by atoms with E-state index in [4.69, 9.17) is 9.47 Å². The largest absolute Gasteiger partial charge is 0.489 e. The predicted molar refractivity (Wildman–Crippen MR) is 132 cm³/mol. The average Bonchev–Trinajstić information content (AvgIpc) is 3.26. The zero-order valence-corrected chi connectivity index (χ0v) is 18.9. The van der Waals surface area contributed by atoms with Crippen molar-refractivity contribution in [2.75, 3.05) is 0 Å². The Morgan fingerprint density at radius 2 is 1.74 bits per heavy atom. The third-order valence-electron chi connectivity index (χ3n) is 5.47. The van der Waals surface area contributed by atoms with Gasteiger partial charge in [0.2, 0.25) is 0 Å². The maximum Gasteiger partial charge on any atom is 0.178 e. The van der Waals surface area contributed by atoms with E-state index in [0.29, 0.717) is 35.1 Å². The van der Waals surface area contributed by atoms with Gasteiger partial charge in [-0.05, 0) is 42.8 Å². The molecule has 3 aromatic heterocycles. The second-order valence-corrected chi connectivity index (χ2v) is 8.10. The first-order valence-electron chi connectivity index (χ1n) is 10.9. The van der Waals surface area contributed by atoms with Crippen LogP contribution < -0.4 is 14.9 Å². The summed E-state index contributed by atoms with van der Waals surface area (Å²) in [4.78, 5) is 16.7. The molecule has 0 aliphatic heterocycles. The maximum atomic E-state index is 14.1. The van der Waals surface area contributed by atoms with E-state index in [1.165, 1.54) is 6.07 Å². The molecule has 8 heteroatoms. The van der Waals surface area contributed by atoms with E-state index in [2.05, 4.69) is 19.9 Å². The van der Waals surface area contributed by atoms with Crippen LogP contribution in [0.3, 0.4) is 0 Å². The second kappa shape index (κ2) is 9.35. The number of nitrogens with one attached hydrogen (secondary N) is 1. The molecule has 0 aliphatic rings. The number of H-pyrrole nitrogens is 1. The van der Waals surface area contributed by atoms with Crippen molar-refractivity contribution in [2.24, 2.45) is 0 Å². The number of imidazole rings is 1. The maximum absolute atomic E-state index is 14.1. The highest BCUT2D eigenvalue weighted by atomic mass is 19.1. The molecule has 0 atom stereocenters. The molecule has 0 spiro atoms. The van der Waals surface area contributed by atoms with Crippen LogP contribution in [-0.2, 0) is 13.2 Å². The van der Waals surface area contributed by atoms with Gasteiger partial charge in [0.1, 0.15) is 44.2 Å². The van der Waals surface area contributed by atoms with E-state index in [-0.39, 0.29) is 12.4 Å². The number of ether oxygens (including phenoxy) is 2. The number of aromatic amines is 1. The summed E-state index contributed by atoms with van der Waals surface area (Å²) < 4.78 is 26.1. The number of halogens is 1. The van der Waals surface area contributed by atoms with Gasteiger partial charge >= 0.3 is 0 Å². The number of fused-ring (bicyclic) bond motifs is 1. The van der Waals surface area contributed by atoms with Crippen LogP contribution in [-0.4, -0.2) is 27.8 Å². The van der Waals surface area contributed by atoms with Crippen molar-refractivity contribution in [1.82, 2.24) is 19.9 Å². The average molecular weight is 452 g/mol. The summed E-state index contributed by atoms with van der Waals surface area (Å²) in [7, 11) is 1.98. The molecule has 0 saturated carbocycles. The van der Waals surface area contributed by atoms with E-state index < -0.39 is 0 Å². The van der Waals surface area contributed by atoms with Crippen LogP contribution in [0.15, 0.2) is 73.1 Å². The molecule has 0 radical (unpaired) electrons. The SMILES string of the molecule is Bc1cnc2nc(-c3cc(OCc4ccccc4F)cc(OCc4ncccc4C)c3)[nH]c2c1. The lowest BCUT2D eigenvalue weighted by Crippen LogP contribution is -2.02. The molecule has 5 aromatic rings. The molecule has 6 nitrogen and oxygen atoms in total. The number of rotatable bonds is 7. The van der Waals surface area contributed by atoms with Crippen LogP contribution in [0.25, 0.3) is 22.6 Å². The Hall–Kier alpha value is -4.20. The van der Waals surface area contributed by atoms with Gasteiger partial charge in [-0.1, -0.05) is 29.7 Å². The zero-order valence-electron chi connectivity index (χ0n) is 18.9. The Morgan fingerprint density at radius 3 is 2.53 bits per heavy atom. The zero-order chi connectivity index (χ0) is 23.5. The number of aromatic nitrogens is 4. The normalized spacial score (nSPS) is 11.0. The van der Waals surface area contributed by atoms with Crippen LogP contribution in [0.5, 0.6) is 11.5 Å². The smallest absolute Gasteiger partial charge is 0.178 e. The summed E-state index contributed by atoms with van der Waals surface area (Å²) >= 11 is 0. The van der Waals surface area contributed by atoms with Crippen molar-refractivity contribution < 1.29 is 13.9 Å². The fourth-order valence-electron chi connectivity index (χ4n) is 3.61. The number of pyridine rings is 2. The Morgan fingerprint density at radius 1 is 0.941 bits per heavy atom. The van der Waals surface area contributed by atoms with Crippen LogP contribution in [0.2, 0.25) is 0 Å². The highest BCUT2D eigenvalue weighted by Crippen LogP contribution is 2.30. The molecule has 0 saturated heterocycles. The molecule has 34 heavy (non-hydrogen) atoms. The highest BCUT2D eigenvalue weighted by Gasteiger charge is 2.12. The molecule has 0 unspecified atom stereocenters. The Kier molecular flexibility index (Phi) is 5.95. The number of nitrogens with zero attached hydrogens (tertiary/aromatic N) is 3. The van der Waals surface area contributed by atoms with E-state index in [1.807, 2.05) is 45.1 Å². The van der Waals surface area contributed by atoms with Crippen molar-refractivity contribution in [3.05, 3.63) is 95.7 Å². The standard InChI is InChI=1S/C26H22BFN4O2/c1-16-5-4-8-29-24(16)15-34-21-10-18(25-31-23-11-19(27)13-30-26(23)32-25)9-20(12-21)33-14-17-6-2-3-7-22(17)28/h2-13H,14-15,27H2,1H3,(H,30,31,32). The molecule has 2 aromatic carbocycles.